The van der Waals surface area contributed by atoms with Crippen molar-refractivity contribution in [3.63, 3.8) is 0 Å². The molecule has 130 valence electrons. The third-order valence-corrected chi connectivity index (χ3v) is 7.30. The highest BCUT2D eigenvalue weighted by atomic mass is 16.5. The number of likely N-dealkylation sites (N-methyl/N-ethyl adjacent to an activating group) is 1. The number of fused-ring (bicyclic) bond motifs is 2. The van der Waals surface area contributed by atoms with Crippen molar-refractivity contribution in [2.45, 2.75) is 31.2 Å². The predicted molar refractivity (Wildman–Crippen MR) is 97.0 cm³/mol. The van der Waals surface area contributed by atoms with E-state index in [1.54, 1.807) is 0 Å². The molecule has 1 N–H and O–H groups in total. The maximum atomic E-state index is 12.8. The number of quaternary nitrogens is 1. The molecule has 1 aromatic carbocycles. The van der Waals surface area contributed by atoms with Gasteiger partial charge in [-0.2, -0.15) is 0 Å². The van der Waals surface area contributed by atoms with Crippen LogP contribution in [0.15, 0.2) is 47.2 Å². The smallest absolute Gasteiger partial charge is 0.336 e. The third-order valence-electron chi connectivity index (χ3n) is 7.30. The Kier molecular flexibility index (Phi) is 2.89. The molecule has 4 aliphatic rings. The summed E-state index contributed by atoms with van der Waals surface area (Å²) in [6.45, 7) is 4.31. The topological polar surface area (TPSA) is 38.3 Å². The average Bonchev–Trinajstić information content (AvgIpc) is 3.14. The van der Waals surface area contributed by atoms with Crippen LogP contribution >= 0.6 is 0 Å². The van der Waals surface area contributed by atoms with Crippen LogP contribution in [0.3, 0.4) is 0 Å². The molecule has 0 aromatic heterocycles. The van der Waals surface area contributed by atoms with Crippen LogP contribution in [0.25, 0.3) is 0 Å². The van der Waals surface area contributed by atoms with Gasteiger partial charge in [0.25, 0.3) is 0 Å². The number of nitrogens with zero attached hydrogens (tertiary/aromatic N) is 1. The fraction of sp³-hybridized carbons (Fsp3) is 0.476. The highest BCUT2D eigenvalue weighted by Crippen LogP contribution is 2.63. The van der Waals surface area contributed by atoms with Gasteiger partial charge in [-0.15, -0.1) is 0 Å². The Labute approximate surface area is 148 Å². The normalized spacial score (nSPS) is 39.1. The van der Waals surface area contributed by atoms with Crippen molar-refractivity contribution in [1.29, 1.82) is 0 Å². The fourth-order valence-corrected chi connectivity index (χ4v) is 6.23. The maximum absolute atomic E-state index is 12.8. The number of para-hydroxylation sites is 1. The minimum Gasteiger partial charge on any atom is -0.466 e. The molecule has 1 spiro atoms. The lowest BCUT2D eigenvalue weighted by atomic mass is 9.61. The van der Waals surface area contributed by atoms with Gasteiger partial charge in [0.2, 0.25) is 0 Å². The SMILES string of the molecule is CC=C1C[N@+]2(C)CC[C@]34C(=C(C(=O)OC)[C@H]1C[C@@H]32)Nc1ccccc14. The zero-order valence-electron chi connectivity index (χ0n) is 15.1. The summed E-state index contributed by atoms with van der Waals surface area (Å²) in [7, 11) is 3.91. The number of carbonyl (C=O) groups is 1. The number of benzene rings is 1. The van der Waals surface area contributed by atoms with Gasteiger partial charge in [-0.05, 0) is 24.1 Å². The molecule has 1 aliphatic carbocycles. The molecule has 1 aromatic rings. The van der Waals surface area contributed by atoms with Crippen molar-refractivity contribution >= 4 is 11.7 Å². The van der Waals surface area contributed by atoms with Crippen LogP contribution in [0.1, 0.15) is 25.3 Å². The van der Waals surface area contributed by atoms with Gasteiger partial charge < -0.3 is 14.5 Å². The molecule has 2 bridgehead atoms. The van der Waals surface area contributed by atoms with Gasteiger partial charge in [0.05, 0.1) is 31.7 Å². The quantitative estimate of drug-likeness (QED) is 0.486. The van der Waals surface area contributed by atoms with E-state index < -0.39 is 0 Å². The highest BCUT2D eigenvalue weighted by molar-refractivity contribution is 5.94. The fourth-order valence-electron chi connectivity index (χ4n) is 6.23. The first-order chi connectivity index (χ1) is 12.0. The van der Waals surface area contributed by atoms with E-state index in [9.17, 15) is 4.79 Å². The molecule has 2 fully saturated rings. The number of carbonyl (C=O) groups excluding carboxylic acids is 1. The number of piperidine rings is 1. The summed E-state index contributed by atoms with van der Waals surface area (Å²) < 4.78 is 6.33. The van der Waals surface area contributed by atoms with Gasteiger partial charge in [-0.1, -0.05) is 24.3 Å². The summed E-state index contributed by atoms with van der Waals surface area (Å²) in [6, 6.07) is 9.13. The Bertz CT molecular complexity index is 855. The first-order valence-electron chi connectivity index (χ1n) is 9.24. The summed E-state index contributed by atoms with van der Waals surface area (Å²) in [5.74, 6) is 0.0252. The zero-order chi connectivity index (χ0) is 17.4. The lowest BCUT2D eigenvalue weighted by molar-refractivity contribution is -0.923. The first-order valence-corrected chi connectivity index (χ1v) is 9.24. The Morgan fingerprint density at radius 2 is 2.20 bits per heavy atom. The standard InChI is InChI=1S/C21H24N2O2/c1-4-13-12-23(2)10-9-21-15-7-5-6-8-16(15)22-19(21)18(20(24)25-3)14(13)11-17(21)23/h4-8,14,17H,9-12H2,1-3H3/p+1/t14-,17-,21+,23-/m0/s1. The van der Waals surface area contributed by atoms with Crippen molar-refractivity contribution in [2.24, 2.45) is 5.92 Å². The molecule has 0 radical (unpaired) electrons. The first kappa shape index (κ1) is 15.2. The van der Waals surface area contributed by atoms with E-state index in [2.05, 4.69) is 49.6 Å². The molecule has 0 unspecified atom stereocenters. The van der Waals surface area contributed by atoms with Crippen LogP contribution in [0, 0.1) is 5.92 Å². The Morgan fingerprint density at radius 1 is 1.40 bits per heavy atom. The minimum absolute atomic E-state index is 0.0510. The van der Waals surface area contributed by atoms with E-state index in [0.29, 0.717) is 6.04 Å². The van der Waals surface area contributed by atoms with Gasteiger partial charge in [-0.3, -0.25) is 0 Å². The summed E-state index contributed by atoms with van der Waals surface area (Å²) >= 11 is 0. The lowest BCUT2D eigenvalue weighted by Gasteiger charge is -2.51. The maximum Gasteiger partial charge on any atom is 0.336 e. The van der Waals surface area contributed by atoms with Gasteiger partial charge in [-0.25, -0.2) is 4.79 Å². The number of hydrogen-bond donors (Lipinski definition) is 1. The highest BCUT2D eigenvalue weighted by Gasteiger charge is 2.68. The molecule has 25 heavy (non-hydrogen) atoms. The second-order valence-corrected chi connectivity index (χ2v) is 8.20. The van der Waals surface area contributed by atoms with Crippen molar-refractivity contribution in [3.8, 4) is 0 Å². The number of anilines is 1. The Balaban J connectivity index is 1.84. The number of nitrogens with one attached hydrogen (secondary N) is 1. The van der Waals surface area contributed by atoms with Crippen molar-refractivity contribution in [1.82, 2.24) is 0 Å². The molecule has 3 heterocycles. The average molecular weight is 337 g/mol. The summed E-state index contributed by atoms with van der Waals surface area (Å²) in [6.07, 6.45) is 4.36. The minimum atomic E-state index is -0.166. The predicted octanol–water partition coefficient (Wildman–Crippen LogP) is 2.98. The third kappa shape index (κ3) is 1.64. The van der Waals surface area contributed by atoms with E-state index >= 15 is 0 Å². The molecule has 4 nitrogen and oxygen atoms in total. The van der Waals surface area contributed by atoms with E-state index in [-0.39, 0.29) is 17.3 Å². The number of rotatable bonds is 1. The van der Waals surface area contributed by atoms with Crippen LogP contribution in [0.2, 0.25) is 0 Å². The molecule has 0 amide bonds. The second kappa shape index (κ2) is 4.76. The number of esters is 1. The van der Waals surface area contributed by atoms with Crippen LogP contribution in [-0.4, -0.2) is 43.7 Å². The largest absolute Gasteiger partial charge is 0.466 e. The van der Waals surface area contributed by atoms with Crippen molar-refractivity contribution < 1.29 is 14.0 Å². The number of methoxy groups -OCH3 is 1. The van der Waals surface area contributed by atoms with Crippen molar-refractivity contribution in [3.05, 3.63) is 52.7 Å². The van der Waals surface area contributed by atoms with E-state index in [1.165, 1.54) is 23.9 Å². The van der Waals surface area contributed by atoms with Crippen LogP contribution in [-0.2, 0) is 14.9 Å². The lowest BCUT2D eigenvalue weighted by Crippen LogP contribution is -2.61. The van der Waals surface area contributed by atoms with Gasteiger partial charge in [0.15, 0.2) is 0 Å². The van der Waals surface area contributed by atoms with E-state index in [4.69, 9.17) is 4.74 Å². The van der Waals surface area contributed by atoms with Gasteiger partial charge in [0.1, 0.15) is 12.6 Å². The van der Waals surface area contributed by atoms with Crippen LogP contribution in [0.5, 0.6) is 0 Å². The molecule has 3 aliphatic heterocycles. The molecule has 4 atom stereocenters. The Hall–Kier alpha value is -2.07. The summed E-state index contributed by atoms with van der Waals surface area (Å²) in [4.78, 5) is 12.8. The number of allylic oxidation sites excluding steroid dienone is 1. The van der Waals surface area contributed by atoms with E-state index in [1.807, 2.05) is 0 Å². The molecular weight excluding hydrogens is 312 g/mol. The molecule has 0 saturated carbocycles. The monoisotopic (exact) mass is 337 g/mol. The molecule has 2 saturated heterocycles. The van der Waals surface area contributed by atoms with E-state index in [0.717, 1.165) is 41.7 Å². The summed E-state index contributed by atoms with van der Waals surface area (Å²) in [5.41, 5.74) is 5.88. The molecule has 5 rings (SSSR count). The summed E-state index contributed by atoms with van der Waals surface area (Å²) in [5, 5.41) is 3.65. The Morgan fingerprint density at radius 3 is 2.96 bits per heavy atom. The van der Waals surface area contributed by atoms with Crippen LogP contribution in [0.4, 0.5) is 5.69 Å². The van der Waals surface area contributed by atoms with Crippen LogP contribution < -0.4 is 5.32 Å². The second-order valence-electron chi connectivity index (χ2n) is 8.20. The number of hydrogen-bond acceptors (Lipinski definition) is 3. The number of ether oxygens (including phenoxy) is 1. The zero-order valence-corrected chi connectivity index (χ0v) is 15.1. The van der Waals surface area contributed by atoms with Gasteiger partial charge in [0, 0.05) is 30.1 Å². The molecule has 4 heteroatoms. The molecular formula is C21H25N2O2+. The van der Waals surface area contributed by atoms with Crippen molar-refractivity contribution in [2.75, 3.05) is 32.6 Å². The van der Waals surface area contributed by atoms with Gasteiger partial charge >= 0.3 is 5.97 Å².